The molecule has 0 aliphatic rings. The molecule has 92 valence electrons. The number of hydrogen-bond acceptors (Lipinski definition) is 3. The molecule has 0 spiro atoms. The molecule has 1 N–H and O–H groups in total. The van der Waals surface area contributed by atoms with Crippen molar-refractivity contribution in [2.45, 2.75) is 6.92 Å². The van der Waals surface area contributed by atoms with Crippen molar-refractivity contribution in [3.63, 3.8) is 0 Å². The maximum atomic E-state index is 4.34. The number of nitrogens with zero attached hydrogens (tertiary/aromatic N) is 3. The zero-order valence-corrected chi connectivity index (χ0v) is 11.7. The predicted octanol–water partition coefficient (Wildman–Crippen LogP) is 2.82. The standard InChI is InChI=1S/C14H9BrN4/c1-9-4-12-13(19-14(15)18-12)5-11(9)3-2-10-6-16-8-17-7-10/h4-8H,1H3,(H,18,19). The molecule has 0 aliphatic heterocycles. The van der Waals surface area contributed by atoms with Gasteiger partial charge < -0.3 is 4.98 Å². The largest absolute Gasteiger partial charge is 0.332 e. The normalized spacial score (nSPS) is 10.2. The molecule has 0 fully saturated rings. The highest BCUT2D eigenvalue weighted by Crippen LogP contribution is 2.19. The minimum Gasteiger partial charge on any atom is -0.332 e. The molecule has 0 bridgehead atoms. The van der Waals surface area contributed by atoms with E-state index in [9.17, 15) is 0 Å². The molecule has 0 saturated heterocycles. The third-order valence-electron chi connectivity index (χ3n) is 2.70. The van der Waals surface area contributed by atoms with E-state index in [1.807, 2.05) is 19.1 Å². The van der Waals surface area contributed by atoms with E-state index < -0.39 is 0 Å². The van der Waals surface area contributed by atoms with Gasteiger partial charge in [-0.25, -0.2) is 15.0 Å². The quantitative estimate of drug-likeness (QED) is 0.649. The van der Waals surface area contributed by atoms with Crippen LogP contribution in [0.15, 0.2) is 35.6 Å². The topological polar surface area (TPSA) is 54.5 Å². The number of benzene rings is 1. The minimum atomic E-state index is 0.725. The highest BCUT2D eigenvalue weighted by Gasteiger charge is 2.03. The van der Waals surface area contributed by atoms with Gasteiger partial charge in [0.05, 0.1) is 16.6 Å². The van der Waals surface area contributed by atoms with Crippen LogP contribution in [-0.2, 0) is 0 Å². The Hall–Kier alpha value is -2.19. The fourth-order valence-electron chi connectivity index (χ4n) is 1.77. The first-order chi connectivity index (χ1) is 9.22. The highest BCUT2D eigenvalue weighted by molar-refractivity contribution is 9.10. The van der Waals surface area contributed by atoms with Gasteiger partial charge in [-0.2, -0.15) is 0 Å². The molecule has 19 heavy (non-hydrogen) atoms. The highest BCUT2D eigenvalue weighted by atomic mass is 79.9. The van der Waals surface area contributed by atoms with Crippen LogP contribution in [0.3, 0.4) is 0 Å². The second kappa shape index (κ2) is 4.82. The van der Waals surface area contributed by atoms with Crippen molar-refractivity contribution in [3.8, 4) is 11.8 Å². The Balaban J connectivity index is 2.06. The molecule has 1 aromatic carbocycles. The summed E-state index contributed by atoms with van der Waals surface area (Å²) in [5.41, 5.74) is 4.75. The van der Waals surface area contributed by atoms with E-state index in [2.05, 4.69) is 47.7 Å². The number of aromatic nitrogens is 4. The van der Waals surface area contributed by atoms with Crippen molar-refractivity contribution < 1.29 is 0 Å². The van der Waals surface area contributed by atoms with Crippen molar-refractivity contribution >= 4 is 27.0 Å². The van der Waals surface area contributed by atoms with Crippen molar-refractivity contribution in [2.24, 2.45) is 0 Å². The van der Waals surface area contributed by atoms with E-state index in [1.54, 1.807) is 12.4 Å². The van der Waals surface area contributed by atoms with Gasteiger partial charge in [-0.3, -0.25) is 0 Å². The van der Waals surface area contributed by atoms with E-state index in [4.69, 9.17) is 0 Å². The summed E-state index contributed by atoms with van der Waals surface area (Å²) >= 11 is 3.33. The van der Waals surface area contributed by atoms with Crippen LogP contribution in [0.2, 0.25) is 0 Å². The first-order valence-electron chi connectivity index (χ1n) is 5.65. The molecular weight excluding hydrogens is 304 g/mol. The summed E-state index contributed by atoms with van der Waals surface area (Å²) in [5, 5.41) is 0. The molecule has 0 amide bonds. The summed E-state index contributed by atoms with van der Waals surface area (Å²) in [6.07, 6.45) is 4.88. The lowest BCUT2D eigenvalue weighted by Gasteiger charge is -1.97. The molecule has 2 heterocycles. The zero-order chi connectivity index (χ0) is 13.2. The van der Waals surface area contributed by atoms with Crippen molar-refractivity contribution in [1.82, 2.24) is 19.9 Å². The van der Waals surface area contributed by atoms with Crippen LogP contribution in [0.4, 0.5) is 0 Å². The van der Waals surface area contributed by atoms with Gasteiger partial charge in [-0.1, -0.05) is 11.8 Å². The lowest BCUT2D eigenvalue weighted by atomic mass is 10.1. The van der Waals surface area contributed by atoms with E-state index >= 15 is 0 Å². The monoisotopic (exact) mass is 312 g/mol. The maximum absolute atomic E-state index is 4.34. The number of fused-ring (bicyclic) bond motifs is 1. The van der Waals surface area contributed by atoms with Crippen molar-refractivity contribution in [1.29, 1.82) is 0 Å². The molecule has 0 unspecified atom stereocenters. The average Bonchev–Trinajstić information content (AvgIpc) is 2.76. The van der Waals surface area contributed by atoms with Gasteiger partial charge in [-0.15, -0.1) is 0 Å². The average molecular weight is 313 g/mol. The molecule has 0 radical (unpaired) electrons. The first-order valence-corrected chi connectivity index (χ1v) is 6.44. The van der Waals surface area contributed by atoms with Crippen molar-refractivity contribution in [3.05, 3.63) is 52.3 Å². The molecule has 0 aliphatic carbocycles. The number of H-pyrrole nitrogens is 1. The molecule has 0 atom stereocenters. The number of aromatic amines is 1. The maximum Gasteiger partial charge on any atom is 0.175 e. The molecule has 0 saturated carbocycles. The number of halogens is 1. The van der Waals surface area contributed by atoms with E-state index in [0.29, 0.717) is 0 Å². The summed E-state index contributed by atoms with van der Waals surface area (Å²) in [5.74, 6) is 6.18. The van der Waals surface area contributed by atoms with Crippen LogP contribution < -0.4 is 0 Å². The minimum absolute atomic E-state index is 0.725. The SMILES string of the molecule is Cc1cc2[nH]c(Br)nc2cc1C#Cc1cncnc1. The fraction of sp³-hybridized carbons (Fsp3) is 0.0714. The second-order valence-corrected chi connectivity index (χ2v) is 4.84. The summed E-state index contributed by atoms with van der Waals surface area (Å²) in [6, 6.07) is 4.02. The van der Waals surface area contributed by atoms with E-state index in [0.717, 1.165) is 32.5 Å². The van der Waals surface area contributed by atoms with Crippen LogP contribution in [0.5, 0.6) is 0 Å². The van der Waals surface area contributed by atoms with Gasteiger partial charge in [0.25, 0.3) is 0 Å². The number of rotatable bonds is 0. The smallest absolute Gasteiger partial charge is 0.175 e. The Morgan fingerprint density at radius 3 is 2.74 bits per heavy atom. The third kappa shape index (κ3) is 2.49. The van der Waals surface area contributed by atoms with Crippen LogP contribution in [0.1, 0.15) is 16.7 Å². The Morgan fingerprint density at radius 1 is 1.16 bits per heavy atom. The Kier molecular flexibility index (Phi) is 3.02. The number of nitrogens with one attached hydrogen (secondary N) is 1. The summed E-state index contributed by atoms with van der Waals surface area (Å²) in [4.78, 5) is 15.3. The molecular formula is C14H9BrN4. The van der Waals surface area contributed by atoms with Gasteiger partial charge in [0.1, 0.15) is 6.33 Å². The molecule has 5 heteroatoms. The van der Waals surface area contributed by atoms with Gasteiger partial charge >= 0.3 is 0 Å². The van der Waals surface area contributed by atoms with Crippen LogP contribution >= 0.6 is 15.9 Å². The van der Waals surface area contributed by atoms with Gasteiger partial charge in [0, 0.05) is 18.0 Å². The molecule has 4 nitrogen and oxygen atoms in total. The van der Waals surface area contributed by atoms with Gasteiger partial charge in [-0.05, 0) is 40.5 Å². The Labute approximate surface area is 118 Å². The molecule has 3 rings (SSSR count). The van der Waals surface area contributed by atoms with Gasteiger partial charge in [0.15, 0.2) is 4.73 Å². The summed E-state index contributed by atoms with van der Waals surface area (Å²) in [7, 11) is 0. The Morgan fingerprint density at radius 2 is 1.95 bits per heavy atom. The van der Waals surface area contributed by atoms with Gasteiger partial charge in [0.2, 0.25) is 0 Å². The van der Waals surface area contributed by atoms with E-state index in [1.165, 1.54) is 6.33 Å². The summed E-state index contributed by atoms with van der Waals surface area (Å²) in [6.45, 7) is 2.03. The zero-order valence-electron chi connectivity index (χ0n) is 10.1. The number of imidazole rings is 1. The van der Waals surface area contributed by atoms with Crippen molar-refractivity contribution in [2.75, 3.05) is 0 Å². The summed E-state index contributed by atoms with van der Waals surface area (Å²) < 4.78 is 0.725. The number of hydrogen-bond donors (Lipinski definition) is 1. The molecule has 3 aromatic rings. The number of aryl methyl sites for hydroxylation is 1. The van der Waals surface area contributed by atoms with Crippen LogP contribution in [0.25, 0.3) is 11.0 Å². The van der Waals surface area contributed by atoms with Crippen LogP contribution in [0, 0.1) is 18.8 Å². The lowest BCUT2D eigenvalue weighted by molar-refractivity contribution is 1.16. The lowest BCUT2D eigenvalue weighted by Crippen LogP contribution is -1.84. The Bertz CT molecular complexity index is 797. The molecule has 2 aromatic heterocycles. The third-order valence-corrected chi connectivity index (χ3v) is 3.08. The van der Waals surface area contributed by atoms with E-state index in [-0.39, 0.29) is 0 Å². The predicted molar refractivity (Wildman–Crippen MR) is 76.5 cm³/mol. The first kappa shape index (κ1) is 11.9. The fourth-order valence-corrected chi connectivity index (χ4v) is 2.18. The van der Waals surface area contributed by atoms with Crippen LogP contribution in [-0.4, -0.2) is 19.9 Å². The second-order valence-electron chi connectivity index (χ2n) is 4.09.